The third-order valence-electron chi connectivity index (χ3n) is 1.36. The number of ether oxygens (including phenoxy) is 1. The lowest BCUT2D eigenvalue weighted by Gasteiger charge is -2.11. The van der Waals surface area contributed by atoms with E-state index in [0.717, 1.165) is 0 Å². The van der Waals surface area contributed by atoms with E-state index >= 15 is 0 Å². The Labute approximate surface area is 96.3 Å². The maximum absolute atomic E-state index is 8.42. The van der Waals surface area contributed by atoms with E-state index in [1.54, 1.807) is 28.5 Å². The van der Waals surface area contributed by atoms with E-state index in [-0.39, 0.29) is 6.02 Å². The molecule has 0 saturated carbocycles. The van der Waals surface area contributed by atoms with Crippen LogP contribution in [0.3, 0.4) is 0 Å². The highest BCUT2D eigenvalue weighted by molar-refractivity contribution is 14.1. The number of benzene rings is 1. The number of para-hydroxylation sites is 1. The van der Waals surface area contributed by atoms with Crippen molar-refractivity contribution in [3.8, 4) is 11.9 Å². The van der Waals surface area contributed by atoms with Gasteiger partial charge >= 0.3 is 6.02 Å². The van der Waals surface area contributed by atoms with Crippen LogP contribution in [0.5, 0.6) is 5.75 Å². The molecule has 0 amide bonds. The van der Waals surface area contributed by atoms with Crippen LogP contribution in [-0.4, -0.2) is 16.2 Å². The van der Waals surface area contributed by atoms with Gasteiger partial charge in [0, 0.05) is 7.05 Å². The Morgan fingerprint density at radius 3 is 2.64 bits per heavy atom. The number of amidine groups is 1. The summed E-state index contributed by atoms with van der Waals surface area (Å²) in [7, 11) is 1.75. The maximum Gasteiger partial charge on any atom is 0.317 e. The van der Waals surface area contributed by atoms with E-state index in [1.165, 1.54) is 0 Å². The summed E-state index contributed by atoms with van der Waals surface area (Å²) in [6, 6.07) is 9.46. The summed E-state index contributed by atoms with van der Waals surface area (Å²) in [6.45, 7) is 0. The van der Waals surface area contributed by atoms with Gasteiger partial charge in [0.25, 0.3) is 0 Å². The van der Waals surface area contributed by atoms with E-state index in [4.69, 9.17) is 10.00 Å². The molecule has 1 aromatic carbocycles. The Morgan fingerprint density at radius 1 is 1.50 bits per heavy atom. The van der Waals surface area contributed by atoms with Gasteiger partial charge in [-0.15, -0.1) is 4.99 Å². The molecule has 72 valence electrons. The van der Waals surface area contributed by atoms with Gasteiger partial charge in [-0.2, -0.15) is 5.26 Å². The largest absolute Gasteiger partial charge is 0.425 e. The van der Waals surface area contributed by atoms with Crippen LogP contribution in [0.4, 0.5) is 0 Å². The second-order valence-electron chi connectivity index (χ2n) is 2.39. The van der Waals surface area contributed by atoms with Crippen molar-refractivity contribution in [1.29, 1.82) is 5.26 Å². The van der Waals surface area contributed by atoms with Crippen molar-refractivity contribution in [2.75, 3.05) is 7.05 Å². The van der Waals surface area contributed by atoms with Gasteiger partial charge in [0.15, 0.2) is 0 Å². The molecule has 0 spiro atoms. The molecule has 4 nitrogen and oxygen atoms in total. The summed E-state index contributed by atoms with van der Waals surface area (Å²) in [4.78, 5) is 3.54. The van der Waals surface area contributed by atoms with Gasteiger partial charge in [0.2, 0.25) is 6.19 Å². The molecule has 0 unspecified atom stereocenters. The Balaban J connectivity index is 2.77. The highest BCUT2D eigenvalue weighted by atomic mass is 127. The third kappa shape index (κ3) is 3.22. The summed E-state index contributed by atoms with van der Waals surface area (Å²) >= 11 is 1.98. The van der Waals surface area contributed by atoms with Crippen molar-refractivity contribution in [1.82, 2.24) is 3.11 Å². The van der Waals surface area contributed by atoms with Crippen molar-refractivity contribution in [2.24, 2.45) is 4.99 Å². The number of nitrogens with zero attached hydrogens (tertiary/aromatic N) is 3. The minimum atomic E-state index is 0.263. The monoisotopic (exact) mass is 301 g/mol. The van der Waals surface area contributed by atoms with E-state index in [0.29, 0.717) is 5.75 Å². The third-order valence-corrected chi connectivity index (χ3v) is 1.77. The van der Waals surface area contributed by atoms with Crippen LogP contribution in [-0.2, 0) is 0 Å². The Morgan fingerprint density at radius 2 is 2.14 bits per heavy atom. The highest BCUT2D eigenvalue weighted by Crippen LogP contribution is 2.11. The first-order valence-corrected chi connectivity index (χ1v) is 4.79. The molecule has 0 heterocycles. The van der Waals surface area contributed by atoms with Crippen LogP contribution in [0.25, 0.3) is 0 Å². The molecule has 0 aliphatic rings. The first-order valence-electron chi connectivity index (χ1n) is 3.83. The number of rotatable bonds is 1. The van der Waals surface area contributed by atoms with Crippen LogP contribution >= 0.6 is 22.9 Å². The van der Waals surface area contributed by atoms with Gasteiger partial charge in [-0.05, 0) is 12.1 Å². The Hall–Kier alpha value is -1.29. The normalized spacial score (nSPS) is 10.5. The summed E-state index contributed by atoms with van der Waals surface area (Å²) in [6.07, 6.45) is 1.69. The average molecular weight is 301 g/mol. The molecule has 0 aliphatic carbocycles. The van der Waals surface area contributed by atoms with Crippen molar-refractivity contribution < 1.29 is 4.74 Å². The summed E-state index contributed by atoms with van der Waals surface area (Å²) in [5, 5.41) is 8.42. The minimum Gasteiger partial charge on any atom is -0.425 e. The van der Waals surface area contributed by atoms with Crippen LogP contribution < -0.4 is 4.74 Å². The lowest BCUT2D eigenvalue weighted by Crippen LogP contribution is -2.22. The first-order chi connectivity index (χ1) is 6.74. The predicted molar refractivity (Wildman–Crippen MR) is 61.9 cm³/mol. The molecule has 0 N–H and O–H groups in total. The Kier molecular flexibility index (Phi) is 4.19. The summed E-state index contributed by atoms with van der Waals surface area (Å²) in [5.74, 6) is 0.657. The molecule has 0 aliphatic heterocycles. The highest BCUT2D eigenvalue weighted by Gasteiger charge is 2.05. The SMILES string of the molecule is CN(I)/C(=N/C#N)Oc1ccccc1. The molecule has 0 radical (unpaired) electrons. The molecule has 14 heavy (non-hydrogen) atoms. The molecule has 0 saturated heterocycles. The van der Waals surface area contributed by atoms with Crippen LogP contribution in [0.1, 0.15) is 0 Å². The molecule has 5 heteroatoms. The molecular formula is C9H8IN3O. The predicted octanol–water partition coefficient (Wildman–Crippen LogP) is 2.18. The van der Waals surface area contributed by atoms with Crippen molar-refractivity contribution in [3.05, 3.63) is 30.3 Å². The van der Waals surface area contributed by atoms with E-state index in [1.807, 2.05) is 41.1 Å². The van der Waals surface area contributed by atoms with Crippen molar-refractivity contribution >= 4 is 28.9 Å². The average Bonchev–Trinajstić information content (AvgIpc) is 2.18. The number of hydrogen-bond donors (Lipinski definition) is 0. The van der Waals surface area contributed by atoms with Crippen LogP contribution in [0.15, 0.2) is 35.3 Å². The lowest BCUT2D eigenvalue weighted by atomic mass is 10.3. The zero-order valence-electron chi connectivity index (χ0n) is 7.51. The second-order valence-corrected chi connectivity index (χ2v) is 3.83. The number of aliphatic imine (C=N–C) groups is 1. The molecule has 0 atom stereocenters. The molecule has 1 aromatic rings. The second kappa shape index (κ2) is 5.44. The number of hydrogen-bond acceptors (Lipinski definition) is 3. The fourth-order valence-corrected chi connectivity index (χ4v) is 0.998. The lowest BCUT2D eigenvalue weighted by molar-refractivity contribution is 0.496. The van der Waals surface area contributed by atoms with Gasteiger partial charge in [-0.3, -0.25) is 3.11 Å². The van der Waals surface area contributed by atoms with Crippen molar-refractivity contribution in [3.63, 3.8) is 0 Å². The van der Waals surface area contributed by atoms with Gasteiger partial charge in [0.05, 0.1) is 22.9 Å². The summed E-state index contributed by atoms with van der Waals surface area (Å²) < 4.78 is 6.97. The summed E-state index contributed by atoms with van der Waals surface area (Å²) in [5.41, 5.74) is 0. The topological polar surface area (TPSA) is 48.6 Å². The zero-order valence-corrected chi connectivity index (χ0v) is 9.67. The number of halogens is 1. The molecular weight excluding hydrogens is 293 g/mol. The van der Waals surface area contributed by atoms with Crippen LogP contribution in [0, 0.1) is 11.5 Å². The fraction of sp³-hybridized carbons (Fsp3) is 0.111. The quantitative estimate of drug-likeness (QED) is 0.263. The van der Waals surface area contributed by atoms with E-state index in [2.05, 4.69) is 4.99 Å². The molecule has 0 aromatic heterocycles. The van der Waals surface area contributed by atoms with Gasteiger partial charge in [-0.25, -0.2) is 0 Å². The van der Waals surface area contributed by atoms with E-state index < -0.39 is 0 Å². The van der Waals surface area contributed by atoms with Crippen molar-refractivity contribution in [2.45, 2.75) is 0 Å². The molecule has 0 bridgehead atoms. The fourth-order valence-electron chi connectivity index (χ4n) is 0.791. The smallest absolute Gasteiger partial charge is 0.317 e. The molecule has 1 rings (SSSR count). The van der Waals surface area contributed by atoms with Gasteiger partial charge in [-0.1, -0.05) is 18.2 Å². The minimum absolute atomic E-state index is 0.263. The standard InChI is InChI=1S/C9H8IN3O/c1-13(10)9(12-7-11)14-8-5-3-2-4-6-8/h2-6H,1H3/b12-9-. The maximum atomic E-state index is 8.42. The van der Waals surface area contributed by atoms with Gasteiger partial charge in [0.1, 0.15) is 5.75 Å². The Bertz CT molecular complexity index is 356. The van der Waals surface area contributed by atoms with E-state index in [9.17, 15) is 0 Å². The first kappa shape index (κ1) is 10.8. The number of nitriles is 1. The van der Waals surface area contributed by atoms with Gasteiger partial charge < -0.3 is 4.74 Å². The zero-order chi connectivity index (χ0) is 10.4. The van der Waals surface area contributed by atoms with Crippen LogP contribution in [0.2, 0.25) is 0 Å². The molecule has 0 fully saturated rings.